The van der Waals surface area contributed by atoms with Crippen LogP contribution in [0.25, 0.3) is 0 Å². The SMILES string of the molecule is CC[C@@H](NC(=O)NCCc1ccco1)c1nc(C)cs1. The van der Waals surface area contributed by atoms with Crippen molar-refractivity contribution in [3.8, 4) is 0 Å². The van der Waals surface area contributed by atoms with E-state index in [4.69, 9.17) is 4.42 Å². The van der Waals surface area contributed by atoms with Crippen molar-refractivity contribution in [2.75, 3.05) is 6.54 Å². The van der Waals surface area contributed by atoms with Crippen molar-refractivity contribution < 1.29 is 9.21 Å². The van der Waals surface area contributed by atoms with Crippen LogP contribution in [0.5, 0.6) is 0 Å². The van der Waals surface area contributed by atoms with E-state index in [1.165, 1.54) is 0 Å². The Morgan fingerprint density at radius 2 is 2.40 bits per heavy atom. The second-order valence-corrected chi connectivity index (χ2v) is 5.41. The third kappa shape index (κ3) is 4.09. The average Bonchev–Trinajstić information content (AvgIpc) is 3.07. The number of aryl methyl sites for hydroxylation is 1. The number of hydrogen-bond acceptors (Lipinski definition) is 4. The summed E-state index contributed by atoms with van der Waals surface area (Å²) in [5.41, 5.74) is 0.989. The molecular formula is C14H19N3O2S. The van der Waals surface area contributed by atoms with Crippen LogP contribution in [-0.2, 0) is 6.42 Å². The molecule has 0 fully saturated rings. The Labute approximate surface area is 122 Å². The van der Waals surface area contributed by atoms with E-state index < -0.39 is 0 Å². The zero-order valence-corrected chi connectivity index (χ0v) is 12.5. The number of carbonyl (C=O) groups is 1. The fourth-order valence-corrected chi connectivity index (χ4v) is 2.76. The molecule has 2 rings (SSSR count). The maximum atomic E-state index is 11.8. The first-order valence-electron chi connectivity index (χ1n) is 6.67. The van der Waals surface area contributed by atoms with Gasteiger partial charge in [0, 0.05) is 24.0 Å². The maximum absolute atomic E-state index is 11.8. The van der Waals surface area contributed by atoms with Gasteiger partial charge < -0.3 is 15.1 Å². The Morgan fingerprint density at radius 3 is 3.00 bits per heavy atom. The summed E-state index contributed by atoms with van der Waals surface area (Å²) in [6.45, 7) is 4.54. The van der Waals surface area contributed by atoms with Crippen LogP contribution in [0.3, 0.4) is 0 Å². The summed E-state index contributed by atoms with van der Waals surface area (Å²) in [6, 6.07) is 3.54. The second kappa shape index (κ2) is 7.09. The summed E-state index contributed by atoms with van der Waals surface area (Å²) >= 11 is 1.58. The Morgan fingerprint density at radius 1 is 1.55 bits per heavy atom. The van der Waals surface area contributed by atoms with Gasteiger partial charge in [-0.05, 0) is 25.5 Å². The number of nitrogens with one attached hydrogen (secondary N) is 2. The van der Waals surface area contributed by atoms with Gasteiger partial charge in [0.2, 0.25) is 0 Å². The average molecular weight is 293 g/mol. The van der Waals surface area contributed by atoms with Gasteiger partial charge in [-0.15, -0.1) is 11.3 Å². The lowest BCUT2D eigenvalue weighted by Gasteiger charge is -2.15. The van der Waals surface area contributed by atoms with E-state index in [-0.39, 0.29) is 12.1 Å². The third-order valence-corrected chi connectivity index (χ3v) is 3.96. The van der Waals surface area contributed by atoms with Gasteiger partial charge in [-0.3, -0.25) is 0 Å². The molecule has 0 aliphatic rings. The van der Waals surface area contributed by atoms with E-state index in [1.54, 1.807) is 17.6 Å². The molecule has 0 aliphatic carbocycles. The number of rotatable bonds is 6. The first-order valence-corrected chi connectivity index (χ1v) is 7.55. The van der Waals surface area contributed by atoms with Gasteiger partial charge in [-0.2, -0.15) is 0 Å². The molecular weight excluding hydrogens is 274 g/mol. The van der Waals surface area contributed by atoms with Crippen molar-refractivity contribution in [1.29, 1.82) is 0 Å². The van der Waals surface area contributed by atoms with Crippen LogP contribution in [0.15, 0.2) is 28.2 Å². The third-order valence-electron chi connectivity index (χ3n) is 2.89. The van der Waals surface area contributed by atoms with E-state index in [1.807, 2.05) is 31.4 Å². The van der Waals surface area contributed by atoms with Crippen LogP contribution in [-0.4, -0.2) is 17.6 Å². The molecule has 5 nitrogen and oxygen atoms in total. The minimum atomic E-state index is -0.170. The first-order chi connectivity index (χ1) is 9.69. The quantitative estimate of drug-likeness (QED) is 0.860. The molecule has 2 N–H and O–H groups in total. The van der Waals surface area contributed by atoms with Gasteiger partial charge in [-0.1, -0.05) is 6.92 Å². The molecule has 1 atom stereocenters. The molecule has 0 spiro atoms. The lowest BCUT2D eigenvalue weighted by atomic mass is 10.2. The summed E-state index contributed by atoms with van der Waals surface area (Å²) in [5, 5.41) is 8.72. The molecule has 0 aliphatic heterocycles. The van der Waals surface area contributed by atoms with E-state index in [9.17, 15) is 4.79 Å². The summed E-state index contributed by atoms with van der Waals surface area (Å²) in [7, 11) is 0. The summed E-state index contributed by atoms with van der Waals surface area (Å²) < 4.78 is 5.21. The van der Waals surface area contributed by atoms with Crippen LogP contribution >= 0.6 is 11.3 Å². The lowest BCUT2D eigenvalue weighted by Crippen LogP contribution is -2.38. The van der Waals surface area contributed by atoms with Gasteiger partial charge in [-0.25, -0.2) is 9.78 Å². The van der Waals surface area contributed by atoms with Crippen LogP contribution in [0.4, 0.5) is 4.79 Å². The van der Waals surface area contributed by atoms with E-state index >= 15 is 0 Å². The molecule has 6 heteroatoms. The normalized spacial score (nSPS) is 12.1. The molecule has 2 aromatic heterocycles. The fraction of sp³-hybridized carbons (Fsp3) is 0.429. The monoisotopic (exact) mass is 293 g/mol. The Hall–Kier alpha value is -1.82. The first kappa shape index (κ1) is 14.6. The molecule has 0 unspecified atom stereocenters. The molecule has 0 bridgehead atoms. The highest BCUT2D eigenvalue weighted by molar-refractivity contribution is 7.09. The zero-order valence-electron chi connectivity index (χ0n) is 11.7. The van der Waals surface area contributed by atoms with Crippen LogP contribution in [0.1, 0.15) is 35.8 Å². The van der Waals surface area contributed by atoms with Crippen LogP contribution < -0.4 is 10.6 Å². The van der Waals surface area contributed by atoms with Crippen molar-refractivity contribution in [2.24, 2.45) is 0 Å². The molecule has 0 aromatic carbocycles. The van der Waals surface area contributed by atoms with Gasteiger partial charge in [0.25, 0.3) is 0 Å². The van der Waals surface area contributed by atoms with Gasteiger partial charge in [0.05, 0.1) is 12.3 Å². The molecule has 0 saturated carbocycles. The number of aromatic nitrogens is 1. The van der Waals surface area contributed by atoms with E-state index in [2.05, 4.69) is 15.6 Å². The highest BCUT2D eigenvalue weighted by Gasteiger charge is 2.15. The standard InChI is InChI=1S/C14H19N3O2S/c1-3-12(13-16-10(2)9-20-13)17-14(18)15-7-6-11-5-4-8-19-11/h4-5,8-9,12H,3,6-7H2,1-2H3,(H2,15,17,18)/t12-/m1/s1. The molecule has 108 valence electrons. The highest BCUT2D eigenvalue weighted by atomic mass is 32.1. The molecule has 20 heavy (non-hydrogen) atoms. The van der Waals surface area contributed by atoms with Gasteiger partial charge in [0.15, 0.2) is 0 Å². The van der Waals surface area contributed by atoms with Crippen molar-refractivity contribution in [2.45, 2.75) is 32.7 Å². The minimum Gasteiger partial charge on any atom is -0.469 e. The number of urea groups is 1. The number of thiazole rings is 1. The topological polar surface area (TPSA) is 67.2 Å². The van der Waals surface area contributed by atoms with Crippen LogP contribution in [0, 0.1) is 6.92 Å². The van der Waals surface area contributed by atoms with Crippen LogP contribution in [0.2, 0.25) is 0 Å². The van der Waals surface area contributed by atoms with E-state index in [0.717, 1.165) is 22.9 Å². The fourth-order valence-electron chi connectivity index (χ4n) is 1.83. The summed E-state index contributed by atoms with van der Waals surface area (Å²) in [6.07, 6.45) is 3.14. The maximum Gasteiger partial charge on any atom is 0.315 e. The van der Waals surface area contributed by atoms with Gasteiger partial charge in [0.1, 0.15) is 10.8 Å². The molecule has 0 radical (unpaired) electrons. The molecule has 2 aromatic rings. The van der Waals surface area contributed by atoms with Gasteiger partial charge >= 0.3 is 6.03 Å². The zero-order chi connectivity index (χ0) is 14.4. The van der Waals surface area contributed by atoms with Crippen molar-refractivity contribution in [3.05, 3.63) is 40.2 Å². The van der Waals surface area contributed by atoms with Crippen molar-refractivity contribution >= 4 is 17.4 Å². The second-order valence-electron chi connectivity index (χ2n) is 4.52. The van der Waals surface area contributed by atoms with Crippen molar-refractivity contribution in [3.63, 3.8) is 0 Å². The van der Waals surface area contributed by atoms with E-state index in [0.29, 0.717) is 13.0 Å². The molecule has 2 amide bonds. The molecule has 2 heterocycles. The summed E-state index contributed by atoms with van der Waals surface area (Å²) in [4.78, 5) is 16.3. The Kier molecular flexibility index (Phi) is 5.17. The highest BCUT2D eigenvalue weighted by Crippen LogP contribution is 2.20. The number of amides is 2. The lowest BCUT2D eigenvalue weighted by molar-refractivity contribution is 0.236. The number of carbonyl (C=O) groups excluding carboxylic acids is 1. The Balaban J connectivity index is 1.77. The number of hydrogen-bond donors (Lipinski definition) is 2. The molecule has 0 saturated heterocycles. The number of furan rings is 1. The predicted molar refractivity (Wildman–Crippen MR) is 78.8 cm³/mol. The largest absolute Gasteiger partial charge is 0.469 e. The predicted octanol–water partition coefficient (Wildman–Crippen LogP) is 3.04. The summed E-state index contributed by atoms with van der Waals surface area (Å²) in [5.74, 6) is 0.868. The number of nitrogens with zero attached hydrogens (tertiary/aromatic N) is 1. The minimum absolute atomic E-state index is 0.0303. The van der Waals surface area contributed by atoms with Crippen molar-refractivity contribution in [1.82, 2.24) is 15.6 Å². The Bertz CT molecular complexity index is 536. The smallest absolute Gasteiger partial charge is 0.315 e.